The summed E-state index contributed by atoms with van der Waals surface area (Å²) in [5.41, 5.74) is 1.58. The molecule has 4 nitrogen and oxygen atoms in total. The van der Waals surface area contributed by atoms with E-state index in [2.05, 4.69) is 30.4 Å². The highest BCUT2D eigenvalue weighted by Gasteiger charge is 2.30. The molecule has 1 unspecified atom stereocenters. The number of nitrogens with one attached hydrogen (secondary N) is 1. The van der Waals surface area contributed by atoms with Crippen LogP contribution in [0, 0.1) is 0 Å². The van der Waals surface area contributed by atoms with Gasteiger partial charge in [-0.2, -0.15) is 0 Å². The van der Waals surface area contributed by atoms with Crippen molar-refractivity contribution in [3.8, 4) is 5.75 Å². The minimum atomic E-state index is -0.674. The highest BCUT2D eigenvalue weighted by molar-refractivity contribution is 5.36. The Morgan fingerprint density at radius 3 is 2.52 bits per heavy atom. The van der Waals surface area contributed by atoms with Gasteiger partial charge >= 0.3 is 0 Å². The van der Waals surface area contributed by atoms with Gasteiger partial charge in [0.2, 0.25) is 0 Å². The van der Waals surface area contributed by atoms with Crippen LogP contribution in [0.2, 0.25) is 0 Å². The van der Waals surface area contributed by atoms with Crippen molar-refractivity contribution in [1.29, 1.82) is 0 Å². The molecule has 0 radical (unpaired) electrons. The van der Waals surface area contributed by atoms with Crippen molar-refractivity contribution in [2.75, 3.05) is 19.8 Å². The smallest absolute Gasteiger partial charge is 0.124 e. The molecular weight excluding hydrogens is 314 g/mol. The maximum Gasteiger partial charge on any atom is 0.124 e. The van der Waals surface area contributed by atoms with Gasteiger partial charge in [0.25, 0.3) is 0 Å². The number of hydrogen-bond acceptors (Lipinski definition) is 4. The van der Waals surface area contributed by atoms with E-state index in [9.17, 15) is 5.11 Å². The molecule has 0 aromatic heterocycles. The van der Waals surface area contributed by atoms with Crippen LogP contribution in [0.4, 0.5) is 0 Å². The van der Waals surface area contributed by atoms with E-state index in [1.165, 1.54) is 0 Å². The lowest BCUT2D eigenvalue weighted by Crippen LogP contribution is -2.45. The Bertz CT molecular complexity index is 653. The van der Waals surface area contributed by atoms with Crippen LogP contribution in [0.15, 0.2) is 54.6 Å². The van der Waals surface area contributed by atoms with E-state index in [0.29, 0.717) is 39.2 Å². The Hall–Kier alpha value is -1.88. The highest BCUT2D eigenvalue weighted by Crippen LogP contribution is 2.27. The van der Waals surface area contributed by atoms with Crippen LogP contribution in [0.25, 0.3) is 0 Å². The molecule has 0 saturated carbocycles. The van der Waals surface area contributed by atoms with Gasteiger partial charge in [-0.3, -0.25) is 0 Å². The number of rotatable bonds is 7. The van der Waals surface area contributed by atoms with Crippen molar-refractivity contribution >= 4 is 0 Å². The third-order valence-electron chi connectivity index (χ3n) is 4.78. The van der Waals surface area contributed by atoms with Crippen molar-refractivity contribution in [1.82, 2.24) is 5.32 Å². The van der Waals surface area contributed by atoms with Gasteiger partial charge in [0, 0.05) is 44.2 Å². The summed E-state index contributed by atoms with van der Waals surface area (Å²) >= 11 is 0. The third-order valence-corrected chi connectivity index (χ3v) is 4.78. The molecule has 2 aromatic carbocycles. The van der Waals surface area contributed by atoms with Crippen molar-refractivity contribution < 1.29 is 14.6 Å². The van der Waals surface area contributed by atoms with Gasteiger partial charge in [0.15, 0.2) is 0 Å². The Kier molecular flexibility index (Phi) is 6.08. The first-order valence-electron chi connectivity index (χ1n) is 8.95. The van der Waals surface area contributed by atoms with E-state index in [0.717, 1.165) is 16.9 Å². The molecule has 1 saturated heterocycles. The quantitative estimate of drug-likeness (QED) is 0.810. The molecule has 0 amide bonds. The summed E-state index contributed by atoms with van der Waals surface area (Å²) in [7, 11) is 0. The van der Waals surface area contributed by atoms with E-state index < -0.39 is 5.60 Å². The van der Waals surface area contributed by atoms with Crippen molar-refractivity contribution in [3.63, 3.8) is 0 Å². The Labute approximate surface area is 149 Å². The summed E-state index contributed by atoms with van der Waals surface area (Å²) in [6.07, 6.45) is 1.36. The lowest BCUT2D eigenvalue weighted by Gasteiger charge is -2.33. The second-order valence-electron chi connectivity index (χ2n) is 6.75. The van der Waals surface area contributed by atoms with Crippen molar-refractivity contribution in [3.05, 3.63) is 65.7 Å². The maximum absolute atomic E-state index is 10.6. The molecule has 3 rings (SSSR count). The monoisotopic (exact) mass is 341 g/mol. The fourth-order valence-electron chi connectivity index (χ4n) is 3.09. The van der Waals surface area contributed by atoms with Gasteiger partial charge in [-0.1, -0.05) is 48.5 Å². The lowest BCUT2D eigenvalue weighted by atomic mass is 9.94. The molecule has 1 fully saturated rings. The molecule has 1 atom stereocenters. The third kappa shape index (κ3) is 5.05. The normalized spacial score (nSPS) is 17.8. The molecule has 134 valence electrons. The first kappa shape index (κ1) is 17.9. The van der Waals surface area contributed by atoms with Gasteiger partial charge in [-0.25, -0.2) is 0 Å². The van der Waals surface area contributed by atoms with Crippen molar-refractivity contribution in [2.45, 2.75) is 38.0 Å². The maximum atomic E-state index is 10.6. The highest BCUT2D eigenvalue weighted by atomic mass is 16.5. The average molecular weight is 341 g/mol. The summed E-state index contributed by atoms with van der Waals surface area (Å²) in [5, 5.41) is 14.1. The molecule has 1 heterocycles. The van der Waals surface area contributed by atoms with Crippen molar-refractivity contribution in [2.24, 2.45) is 0 Å². The van der Waals surface area contributed by atoms with Crippen LogP contribution < -0.4 is 10.1 Å². The summed E-state index contributed by atoms with van der Waals surface area (Å²) in [6.45, 7) is 4.47. The van der Waals surface area contributed by atoms with Gasteiger partial charge in [0.05, 0.1) is 5.60 Å². The van der Waals surface area contributed by atoms with Crippen LogP contribution >= 0.6 is 0 Å². The van der Waals surface area contributed by atoms with E-state index >= 15 is 0 Å². The van der Waals surface area contributed by atoms with E-state index in [-0.39, 0.29) is 6.04 Å². The zero-order valence-electron chi connectivity index (χ0n) is 14.8. The standard InChI is InChI=1S/C21H27NO3/c1-17(22-16-21(23)11-13-24-14-12-21)19-9-5-6-10-20(19)25-15-18-7-3-2-4-8-18/h2-10,17,22-23H,11-16H2,1H3. The van der Waals surface area contributed by atoms with Gasteiger partial charge in [0.1, 0.15) is 12.4 Å². The van der Waals surface area contributed by atoms with E-state index in [1.54, 1.807) is 0 Å². The number of hydrogen-bond donors (Lipinski definition) is 2. The molecule has 0 aliphatic carbocycles. The van der Waals surface area contributed by atoms with Crippen LogP contribution in [0.3, 0.4) is 0 Å². The number of aliphatic hydroxyl groups is 1. The fraction of sp³-hybridized carbons (Fsp3) is 0.429. The minimum absolute atomic E-state index is 0.0962. The summed E-state index contributed by atoms with van der Waals surface area (Å²) in [4.78, 5) is 0. The molecular formula is C21H27NO3. The average Bonchev–Trinajstić information content (AvgIpc) is 2.66. The second kappa shape index (κ2) is 8.48. The molecule has 0 spiro atoms. The Morgan fingerprint density at radius 1 is 1.08 bits per heavy atom. The largest absolute Gasteiger partial charge is 0.489 e. The van der Waals surface area contributed by atoms with E-state index in [1.807, 2.05) is 36.4 Å². The number of ether oxygens (including phenoxy) is 2. The fourth-order valence-corrected chi connectivity index (χ4v) is 3.09. The molecule has 1 aliphatic heterocycles. The predicted molar refractivity (Wildman–Crippen MR) is 98.6 cm³/mol. The molecule has 1 aliphatic rings. The van der Waals surface area contributed by atoms with Gasteiger partial charge in [-0.15, -0.1) is 0 Å². The molecule has 2 aromatic rings. The number of para-hydroxylation sites is 1. The number of benzene rings is 2. The Morgan fingerprint density at radius 2 is 1.76 bits per heavy atom. The topological polar surface area (TPSA) is 50.7 Å². The first-order valence-corrected chi connectivity index (χ1v) is 8.95. The first-order chi connectivity index (χ1) is 12.2. The van der Waals surface area contributed by atoms with Gasteiger partial charge in [-0.05, 0) is 18.6 Å². The zero-order chi connectivity index (χ0) is 17.5. The molecule has 0 bridgehead atoms. The van der Waals surface area contributed by atoms with Crippen LogP contribution in [0.1, 0.15) is 36.9 Å². The van der Waals surface area contributed by atoms with Gasteiger partial charge < -0.3 is 19.9 Å². The predicted octanol–water partition coefficient (Wildman–Crippen LogP) is 3.46. The van der Waals surface area contributed by atoms with Crippen LogP contribution in [-0.2, 0) is 11.3 Å². The van der Waals surface area contributed by atoms with Crippen LogP contribution in [-0.4, -0.2) is 30.5 Å². The SMILES string of the molecule is CC(NCC1(O)CCOCC1)c1ccccc1OCc1ccccc1. The minimum Gasteiger partial charge on any atom is -0.489 e. The zero-order valence-corrected chi connectivity index (χ0v) is 14.8. The summed E-state index contributed by atoms with van der Waals surface area (Å²) < 4.78 is 11.4. The second-order valence-corrected chi connectivity index (χ2v) is 6.75. The Balaban J connectivity index is 1.61. The van der Waals surface area contributed by atoms with Crippen LogP contribution in [0.5, 0.6) is 5.75 Å². The lowest BCUT2D eigenvalue weighted by molar-refractivity contribution is -0.0626. The van der Waals surface area contributed by atoms with E-state index in [4.69, 9.17) is 9.47 Å². The molecule has 25 heavy (non-hydrogen) atoms. The molecule has 4 heteroatoms. The summed E-state index contributed by atoms with van der Waals surface area (Å²) in [6, 6.07) is 18.3. The summed E-state index contributed by atoms with van der Waals surface area (Å²) in [5.74, 6) is 0.880. The molecule has 2 N–H and O–H groups in total.